The molecule has 0 nitrogen and oxygen atoms in total. The Labute approximate surface area is 100 Å². The van der Waals surface area contributed by atoms with E-state index in [4.69, 9.17) is 0 Å². The van der Waals surface area contributed by atoms with Crippen molar-refractivity contribution in [3.63, 3.8) is 0 Å². The molecular weight excluding hydrogens is 251 g/mol. The molecule has 0 aliphatic rings. The lowest BCUT2D eigenvalue weighted by Crippen LogP contribution is -2.02. The molecule has 5 heteroatoms. The van der Waals surface area contributed by atoms with Gasteiger partial charge in [0.05, 0.1) is 0 Å². The summed E-state index contributed by atoms with van der Waals surface area (Å²) in [5.74, 6) is -6.81. The zero-order valence-corrected chi connectivity index (χ0v) is 9.46. The third kappa shape index (κ3) is 1.65. The Balaban J connectivity index is 3.06. The molecule has 96 valence electrons. The minimum Gasteiger partial charge on any atom is -0.246 e. The highest BCUT2D eigenvalue weighted by Gasteiger charge is 2.23. The van der Waals surface area contributed by atoms with Gasteiger partial charge in [-0.05, 0) is 17.5 Å². The molecule has 0 bridgehead atoms. The molecule has 0 amide bonds. The summed E-state index contributed by atoms with van der Waals surface area (Å²) in [6, 6.07) is 2.64. The fourth-order valence-corrected chi connectivity index (χ4v) is 2.01. The van der Waals surface area contributed by atoms with Crippen LogP contribution < -0.4 is 0 Å². The topological polar surface area (TPSA) is 0 Å². The van der Waals surface area contributed by atoms with E-state index in [0.29, 0.717) is 12.0 Å². The second kappa shape index (κ2) is 4.55. The predicted molar refractivity (Wildman–Crippen MR) is 58.0 cm³/mol. The Hall–Kier alpha value is -1.65. The molecule has 0 spiro atoms. The van der Waals surface area contributed by atoms with Gasteiger partial charge in [0.15, 0.2) is 23.3 Å². The van der Waals surface area contributed by atoms with Crippen molar-refractivity contribution >= 4 is 10.8 Å². The predicted octanol–water partition coefficient (Wildman–Crippen LogP) is 4.43. The van der Waals surface area contributed by atoms with Gasteiger partial charge in [-0.1, -0.05) is 19.1 Å². The fraction of sp³-hybridized carbons (Fsp3) is 0.231. The van der Waals surface area contributed by atoms with Crippen LogP contribution in [-0.2, 0) is 13.1 Å². The first-order chi connectivity index (χ1) is 8.52. The molecule has 0 fully saturated rings. The van der Waals surface area contributed by atoms with Crippen LogP contribution in [0, 0.1) is 23.3 Å². The van der Waals surface area contributed by atoms with Gasteiger partial charge in [-0.3, -0.25) is 0 Å². The van der Waals surface area contributed by atoms with Crippen LogP contribution in [0.15, 0.2) is 12.1 Å². The molecule has 0 N–H and O–H groups in total. The quantitative estimate of drug-likeness (QED) is 0.425. The number of hydrogen-bond acceptors (Lipinski definition) is 0. The molecule has 18 heavy (non-hydrogen) atoms. The van der Waals surface area contributed by atoms with Crippen molar-refractivity contribution in [2.45, 2.75) is 20.0 Å². The van der Waals surface area contributed by atoms with Crippen molar-refractivity contribution in [3.05, 3.63) is 46.5 Å². The van der Waals surface area contributed by atoms with Crippen molar-refractivity contribution < 1.29 is 22.0 Å². The average Bonchev–Trinajstić information content (AvgIpc) is 2.40. The Morgan fingerprint density at radius 3 is 1.67 bits per heavy atom. The summed E-state index contributed by atoms with van der Waals surface area (Å²) in [7, 11) is 0. The lowest BCUT2D eigenvalue weighted by atomic mass is 9.97. The SMILES string of the molecule is CCc1ccc(CF)c2c(F)c(F)c(F)c(F)c12. The van der Waals surface area contributed by atoms with Gasteiger partial charge in [-0.2, -0.15) is 0 Å². The molecule has 0 unspecified atom stereocenters. The van der Waals surface area contributed by atoms with Gasteiger partial charge in [0, 0.05) is 10.8 Å². The van der Waals surface area contributed by atoms with Gasteiger partial charge < -0.3 is 0 Å². The van der Waals surface area contributed by atoms with Crippen LogP contribution in [-0.4, -0.2) is 0 Å². The molecule has 0 radical (unpaired) electrons. The van der Waals surface area contributed by atoms with Crippen molar-refractivity contribution in [1.29, 1.82) is 0 Å². The van der Waals surface area contributed by atoms with Gasteiger partial charge in [0.1, 0.15) is 6.67 Å². The zero-order valence-electron chi connectivity index (χ0n) is 9.46. The number of aryl methyl sites for hydroxylation is 1. The summed E-state index contributed by atoms with van der Waals surface area (Å²) in [5, 5.41) is -0.905. The van der Waals surface area contributed by atoms with Crippen molar-refractivity contribution in [2.75, 3.05) is 0 Å². The van der Waals surface area contributed by atoms with E-state index in [-0.39, 0.29) is 10.9 Å². The summed E-state index contributed by atoms with van der Waals surface area (Å²) in [6.07, 6.45) is 0.296. The number of fused-ring (bicyclic) bond motifs is 1. The molecule has 2 rings (SSSR count). The van der Waals surface area contributed by atoms with Crippen molar-refractivity contribution in [3.8, 4) is 0 Å². The van der Waals surface area contributed by atoms with Crippen LogP contribution in [0.2, 0.25) is 0 Å². The second-order valence-electron chi connectivity index (χ2n) is 3.88. The second-order valence-corrected chi connectivity index (χ2v) is 3.88. The van der Waals surface area contributed by atoms with Gasteiger partial charge in [0.25, 0.3) is 0 Å². The molecule has 0 aliphatic carbocycles. The average molecular weight is 260 g/mol. The van der Waals surface area contributed by atoms with E-state index in [1.165, 1.54) is 12.1 Å². The van der Waals surface area contributed by atoms with E-state index in [1.807, 2.05) is 0 Å². The maximum absolute atomic E-state index is 13.7. The normalized spacial score (nSPS) is 11.2. The summed E-state index contributed by atoms with van der Waals surface area (Å²) >= 11 is 0. The molecule has 0 aliphatic heterocycles. The molecule has 2 aromatic carbocycles. The highest BCUT2D eigenvalue weighted by molar-refractivity contribution is 5.90. The standard InChI is InChI=1S/C13H9F5/c1-2-6-3-4-7(5-14)9-8(6)10(15)12(17)13(18)11(9)16/h3-4H,2,5H2,1H3. The van der Waals surface area contributed by atoms with Gasteiger partial charge in [-0.25, -0.2) is 22.0 Å². The minimum absolute atomic E-state index is 0.197. The smallest absolute Gasteiger partial charge is 0.198 e. The highest BCUT2D eigenvalue weighted by atomic mass is 19.2. The molecule has 0 heterocycles. The van der Waals surface area contributed by atoms with Crippen LogP contribution in [0.5, 0.6) is 0 Å². The van der Waals surface area contributed by atoms with E-state index in [2.05, 4.69) is 0 Å². The van der Waals surface area contributed by atoms with Crippen LogP contribution in [0.3, 0.4) is 0 Å². The summed E-state index contributed by atoms with van der Waals surface area (Å²) in [6.45, 7) is 0.574. The zero-order chi connectivity index (χ0) is 13.4. The third-order valence-corrected chi connectivity index (χ3v) is 2.92. The van der Waals surface area contributed by atoms with Crippen molar-refractivity contribution in [1.82, 2.24) is 0 Å². The first kappa shape index (κ1) is 12.8. The minimum atomic E-state index is -1.91. The maximum Gasteiger partial charge on any atom is 0.198 e. The number of benzene rings is 2. The van der Waals surface area contributed by atoms with Crippen LogP contribution >= 0.6 is 0 Å². The summed E-state index contributed by atoms with van der Waals surface area (Å²) in [5.41, 5.74) is 0.106. The lowest BCUT2D eigenvalue weighted by Gasteiger charge is -2.11. The number of halogens is 5. The molecule has 0 aromatic heterocycles. The molecule has 0 saturated carbocycles. The summed E-state index contributed by atoms with van der Waals surface area (Å²) in [4.78, 5) is 0. The van der Waals surface area contributed by atoms with E-state index in [1.54, 1.807) is 6.92 Å². The van der Waals surface area contributed by atoms with Gasteiger partial charge in [0.2, 0.25) is 0 Å². The van der Waals surface area contributed by atoms with E-state index < -0.39 is 35.3 Å². The lowest BCUT2D eigenvalue weighted by molar-refractivity contribution is 0.416. The Kier molecular flexibility index (Phi) is 3.24. The van der Waals surface area contributed by atoms with Crippen LogP contribution in [0.25, 0.3) is 10.8 Å². The Morgan fingerprint density at radius 2 is 1.22 bits per heavy atom. The highest BCUT2D eigenvalue weighted by Crippen LogP contribution is 2.32. The maximum atomic E-state index is 13.7. The fourth-order valence-electron chi connectivity index (χ4n) is 2.01. The van der Waals surface area contributed by atoms with Gasteiger partial charge in [-0.15, -0.1) is 0 Å². The Morgan fingerprint density at radius 1 is 0.778 bits per heavy atom. The first-order valence-corrected chi connectivity index (χ1v) is 5.35. The van der Waals surface area contributed by atoms with E-state index in [9.17, 15) is 22.0 Å². The molecular formula is C13H9F5. The molecule has 0 atom stereocenters. The molecule has 2 aromatic rings. The largest absolute Gasteiger partial charge is 0.246 e. The third-order valence-electron chi connectivity index (χ3n) is 2.92. The number of hydrogen-bond donors (Lipinski definition) is 0. The van der Waals surface area contributed by atoms with Crippen LogP contribution in [0.4, 0.5) is 22.0 Å². The summed E-state index contributed by atoms with van der Waals surface area (Å²) < 4.78 is 66.4. The molecule has 0 saturated heterocycles. The van der Waals surface area contributed by atoms with E-state index >= 15 is 0 Å². The monoisotopic (exact) mass is 260 g/mol. The van der Waals surface area contributed by atoms with E-state index in [0.717, 1.165) is 0 Å². The number of alkyl halides is 1. The number of rotatable bonds is 2. The first-order valence-electron chi connectivity index (χ1n) is 5.35. The van der Waals surface area contributed by atoms with Crippen LogP contribution in [0.1, 0.15) is 18.1 Å². The van der Waals surface area contributed by atoms with Gasteiger partial charge >= 0.3 is 0 Å². The van der Waals surface area contributed by atoms with Crippen molar-refractivity contribution in [2.24, 2.45) is 0 Å². The Bertz CT molecular complexity index is 564.